The van der Waals surface area contributed by atoms with Crippen molar-refractivity contribution in [3.8, 4) is 0 Å². The van der Waals surface area contributed by atoms with Gasteiger partial charge in [-0.05, 0) is 60.8 Å². The smallest absolute Gasteiger partial charge is 0.0497 e. The summed E-state index contributed by atoms with van der Waals surface area (Å²) in [5, 5.41) is 4.82. The topological polar surface area (TPSA) is 27.8 Å². The Morgan fingerprint density at radius 3 is 2.83 bits per heavy atom. The molecule has 1 aliphatic heterocycles. The largest absolute Gasteiger partial charge is 0.357 e. The monoisotopic (exact) mass is 306 g/mol. The predicted molar refractivity (Wildman–Crippen MR) is 80.3 cm³/mol. The van der Waals surface area contributed by atoms with Gasteiger partial charge >= 0.3 is 0 Å². The minimum atomic E-state index is 0.611. The van der Waals surface area contributed by atoms with Crippen LogP contribution < -0.4 is 5.32 Å². The van der Waals surface area contributed by atoms with Crippen LogP contribution in [0.5, 0.6) is 0 Å². The van der Waals surface area contributed by atoms with E-state index in [4.69, 9.17) is 0 Å². The van der Waals surface area contributed by atoms with Crippen LogP contribution in [0.25, 0.3) is 10.9 Å². The lowest BCUT2D eigenvalue weighted by Gasteiger charge is -2.22. The molecule has 3 rings (SSSR count). The number of aromatic amines is 1. The average Bonchev–Trinajstić information content (AvgIpc) is 2.69. The molecule has 0 radical (unpaired) electrons. The number of hydrogen-bond acceptors (Lipinski definition) is 1. The summed E-state index contributed by atoms with van der Waals surface area (Å²) in [6, 6.07) is 4.51. The van der Waals surface area contributed by atoms with Crippen LogP contribution in [0.3, 0.4) is 0 Å². The first-order valence-corrected chi connectivity index (χ1v) is 7.45. The van der Waals surface area contributed by atoms with Crippen molar-refractivity contribution < 1.29 is 0 Å². The third kappa shape index (κ3) is 1.99. The summed E-state index contributed by atoms with van der Waals surface area (Å²) in [7, 11) is 0. The molecular weight excluding hydrogens is 288 g/mol. The fourth-order valence-corrected chi connectivity index (χ4v) is 3.76. The second kappa shape index (κ2) is 4.71. The molecule has 1 unspecified atom stereocenters. The second-order valence-corrected chi connectivity index (χ2v) is 6.19. The molecule has 0 spiro atoms. The highest BCUT2D eigenvalue weighted by Crippen LogP contribution is 2.36. The average molecular weight is 307 g/mol. The van der Waals surface area contributed by atoms with E-state index in [1.54, 1.807) is 0 Å². The fourth-order valence-electron chi connectivity index (χ4n) is 3.02. The van der Waals surface area contributed by atoms with Crippen LogP contribution in [0.2, 0.25) is 0 Å². The SMILES string of the molecule is Cc1cc(C)c2[nH]c(C3CCCNC3)c(Br)c2c1. The van der Waals surface area contributed by atoms with Crippen molar-refractivity contribution in [3.63, 3.8) is 0 Å². The first-order chi connectivity index (χ1) is 8.66. The fraction of sp³-hybridized carbons (Fsp3) is 0.467. The molecule has 2 nitrogen and oxygen atoms in total. The number of fused-ring (bicyclic) bond motifs is 1. The number of nitrogens with one attached hydrogen (secondary N) is 2. The van der Waals surface area contributed by atoms with E-state index in [2.05, 4.69) is 52.2 Å². The van der Waals surface area contributed by atoms with Gasteiger partial charge in [-0.2, -0.15) is 0 Å². The minimum absolute atomic E-state index is 0.611. The molecular formula is C15H19BrN2. The lowest BCUT2D eigenvalue weighted by atomic mass is 9.96. The third-order valence-electron chi connectivity index (χ3n) is 3.92. The predicted octanol–water partition coefficient (Wildman–Crippen LogP) is 4.01. The molecule has 96 valence electrons. The maximum atomic E-state index is 3.80. The molecule has 1 aliphatic rings. The highest BCUT2D eigenvalue weighted by atomic mass is 79.9. The van der Waals surface area contributed by atoms with Crippen molar-refractivity contribution in [2.24, 2.45) is 0 Å². The molecule has 1 aromatic carbocycles. The van der Waals surface area contributed by atoms with Gasteiger partial charge in [0, 0.05) is 33.5 Å². The van der Waals surface area contributed by atoms with Crippen molar-refractivity contribution in [1.29, 1.82) is 0 Å². The minimum Gasteiger partial charge on any atom is -0.357 e. The Morgan fingerprint density at radius 2 is 2.11 bits per heavy atom. The molecule has 0 saturated carbocycles. The highest BCUT2D eigenvalue weighted by molar-refractivity contribution is 9.10. The van der Waals surface area contributed by atoms with Crippen molar-refractivity contribution >= 4 is 26.8 Å². The Balaban J connectivity index is 2.13. The number of piperidine rings is 1. The standard InChI is InChI=1S/C15H19BrN2/c1-9-6-10(2)14-12(7-9)13(16)15(18-14)11-4-3-5-17-8-11/h6-7,11,17-18H,3-5,8H2,1-2H3. The zero-order valence-electron chi connectivity index (χ0n) is 10.9. The van der Waals surface area contributed by atoms with Gasteiger partial charge in [0.2, 0.25) is 0 Å². The van der Waals surface area contributed by atoms with Crippen LogP contribution in [0, 0.1) is 13.8 Å². The summed E-state index contributed by atoms with van der Waals surface area (Å²) < 4.78 is 1.26. The number of aryl methyl sites for hydroxylation is 2. The van der Waals surface area contributed by atoms with E-state index in [9.17, 15) is 0 Å². The van der Waals surface area contributed by atoms with Crippen molar-refractivity contribution in [2.75, 3.05) is 13.1 Å². The summed E-state index contributed by atoms with van der Waals surface area (Å²) in [5.41, 5.74) is 5.31. The summed E-state index contributed by atoms with van der Waals surface area (Å²) in [6.07, 6.45) is 2.54. The second-order valence-electron chi connectivity index (χ2n) is 5.40. The Bertz CT molecular complexity index is 580. The van der Waals surface area contributed by atoms with E-state index in [-0.39, 0.29) is 0 Å². The highest BCUT2D eigenvalue weighted by Gasteiger charge is 2.21. The van der Waals surface area contributed by atoms with Gasteiger partial charge in [0.15, 0.2) is 0 Å². The molecule has 1 saturated heterocycles. The van der Waals surface area contributed by atoms with Gasteiger partial charge < -0.3 is 10.3 Å². The van der Waals surface area contributed by atoms with E-state index in [1.807, 2.05) is 0 Å². The maximum absolute atomic E-state index is 3.80. The molecule has 1 atom stereocenters. The molecule has 18 heavy (non-hydrogen) atoms. The molecule has 2 aromatic rings. The number of benzene rings is 1. The molecule has 0 amide bonds. The van der Waals surface area contributed by atoms with Crippen molar-refractivity contribution in [3.05, 3.63) is 33.4 Å². The molecule has 0 aliphatic carbocycles. The van der Waals surface area contributed by atoms with Gasteiger partial charge in [0.05, 0.1) is 0 Å². The van der Waals surface area contributed by atoms with Crippen LogP contribution in [-0.4, -0.2) is 18.1 Å². The number of rotatable bonds is 1. The quantitative estimate of drug-likeness (QED) is 0.818. The van der Waals surface area contributed by atoms with Gasteiger partial charge in [0.1, 0.15) is 0 Å². The molecule has 3 heteroatoms. The normalized spacial score (nSPS) is 20.5. The van der Waals surface area contributed by atoms with Crippen LogP contribution in [0.1, 0.15) is 35.6 Å². The maximum Gasteiger partial charge on any atom is 0.0497 e. The van der Waals surface area contributed by atoms with Crippen molar-refractivity contribution in [1.82, 2.24) is 10.3 Å². The number of aromatic nitrogens is 1. The van der Waals surface area contributed by atoms with Crippen LogP contribution in [-0.2, 0) is 0 Å². The zero-order valence-corrected chi connectivity index (χ0v) is 12.5. The molecule has 2 N–H and O–H groups in total. The van der Waals surface area contributed by atoms with Crippen LogP contribution in [0.15, 0.2) is 16.6 Å². The first-order valence-electron chi connectivity index (χ1n) is 6.66. The van der Waals surface area contributed by atoms with Crippen LogP contribution in [0.4, 0.5) is 0 Å². The lowest BCUT2D eigenvalue weighted by Crippen LogP contribution is -2.28. The van der Waals surface area contributed by atoms with E-state index in [0.717, 1.165) is 13.1 Å². The Labute approximate surface area is 116 Å². The molecule has 0 bridgehead atoms. The molecule has 2 heterocycles. The summed E-state index contributed by atoms with van der Waals surface area (Å²) in [4.78, 5) is 3.64. The van der Waals surface area contributed by atoms with Crippen LogP contribution >= 0.6 is 15.9 Å². The number of halogens is 1. The van der Waals surface area contributed by atoms with Gasteiger partial charge in [-0.15, -0.1) is 0 Å². The lowest BCUT2D eigenvalue weighted by molar-refractivity contribution is 0.455. The van der Waals surface area contributed by atoms with E-state index >= 15 is 0 Å². The Hall–Kier alpha value is -0.800. The number of hydrogen-bond donors (Lipinski definition) is 2. The summed E-state index contributed by atoms with van der Waals surface area (Å²) >= 11 is 3.80. The van der Waals surface area contributed by atoms with Gasteiger partial charge in [-0.3, -0.25) is 0 Å². The molecule has 1 aromatic heterocycles. The van der Waals surface area contributed by atoms with E-state index < -0.39 is 0 Å². The van der Waals surface area contributed by atoms with Gasteiger partial charge in [-0.1, -0.05) is 11.6 Å². The zero-order chi connectivity index (χ0) is 12.7. The summed E-state index contributed by atoms with van der Waals surface area (Å²) in [5.74, 6) is 0.611. The van der Waals surface area contributed by atoms with Crippen molar-refractivity contribution in [2.45, 2.75) is 32.6 Å². The van der Waals surface area contributed by atoms with Gasteiger partial charge in [0.25, 0.3) is 0 Å². The van der Waals surface area contributed by atoms with E-state index in [0.29, 0.717) is 5.92 Å². The Morgan fingerprint density at radius 1 is 1.28 bits per heavy atom. The third-order valence-corrected chi connectivity index (χ3v) is 4.77. The first kappa shape index (κ1) is 12.2. The number of H-pyrrole nitrogens is 1. The Kier molecular flexibility index (Phi) is 3.20. The summed E-state index contributed by atoms with van der Waals surface area (Å²) in [6.45, 7) is 6.59. The van der Waals surface area contributed by atoms with Gasteiger partial charge in [-0.25, -0.2) is 0 Å². The molecule has 1 fully saturated rings. The van der Waals surface area contributed by atoms with E-state index in [1.165, 1.54) is 45.0 Å².